The zero-order chi connectivity index (χ0) is 11.3. The van der Waals surface area contributed by atoms with Gasteiger partial charge < -0.3 is 0 Å². The SMILES string of the molecule is CCS(=O)(=O)CCC1CCCCC(Br)C1. The van der Waals surface area contributed by atoms with Crippen LogP contribution < -0.4 is 0 Å². The van der Waals surface area contributed by atoms with E-state index in [0.29, 0.717) is 16.5 Å². The molecule has 1 rings (SSSR count). The van der Waals surface area contributed by atoms with E-state index in [-0.39, 0.29) is 5.75 Å². The van der Waals surface area contributed by atoms with E-state index in [1.54, 1.807) is 6.92 Å². The number of alkyl halides is 1. The molecule has 90 valence electrons. The molecular formula is C11H21BrO2S. The van der Waals surface area contributed by atoms with Gasteiger partial charge in [-0.05, 0) is 25.2 Å². The van der Waals surface area contributed by atoms with Gasteiger partial charge in [-0.25, -0.2) is 8.42 Å². The van der Waals surface area contributed by atoms with Gasteiger partial charge in [0.1, 0.15) is 9.84 Å². The molecule has 0 bridgehead atoms. The molecule has 0 radical (unpaired) electrons. The van der Waals surface area contributed by atoms with E-state index in [9.17, 15) is 8.42 Å². The van der Waals surface area contributed by atoms with Crippen molar-refractivity contribution in [1.82, 2.24) is 0 Å². The van der Waals surface area contributed by atoms with E-state index in [4.69, 9.17) is 0 Å². The smallest absolute Gasteiger partial charge is 0.150 e. The summed E-state index contributed by atoms with van der Waals surface area (Å²) in [5.74, 6) is 1.28. The molecule has 1 saturated carbocycles. The maximum absolute atomic E-state index is 11.4. The molecule has 0 aromatic heterocycles. The molecule has 2 atom stereocenters. The first-order chi connectivity index (χ1) is 7.03. The van der Waals surface area contributed by atoms with Gasteiger partial charge in [0.15, 0.2) is 0 Å². The predicted molar refractivity (Wildman–Crippen MR) is 68.2 cm³/mol. The molecule has 0 N–H and O–H groups in total. The second kappa shape index (κ2) is 6.24. The zero-order valence-electron chi connectivity index (χ0n) is 9.41. The molecule has 1 aliphatic carbocycles. The van der Waals surface area contributed by atoms with Crippen LogP contribution in [0.5, 0.6) is 0 Å². The molecule has 15 heavy (non-hydrogen) atoms. The summed E-state index contributed by atoms with van der Waals surface area (Å²) in [5, 5.41) is 0. The lowest BCUT2D eigenvalue weighted by Crippen LogP contribution is -2.14. The van der Waals surface area contributed by atoms with Gasteiger partial charge in [-0.3, -0.25) is 0 Å². The van der Waals surface area contributed by atoms with Gasteiger partial charge in [-0.15, -0.1) is 0 Å². The monoisotopic (exact) mass is 296 g/mol. The van der Waals surface area contributed by atoms with Gasteiger partial charge in [0.2, 0.25) is 0 Å². The summed E-state index contributed by atoms with van der Waals surface area (Å²) < 4.78 is 22.8. The topological polar surface area (TPSA) is 34.1 Å². The summed E-state index contributed by atoms with van der Waals surface area (Å²) >= 11 is 3.67. The Morgan fingerprint density at radius 3 is 2.60 bits per heavy atom. The van der Waals surface area contributed by atoms with Crippen molar-refractivity contribution in [3.63, 3.8) is 0 Å². The third kappa shape index (κ3) is 5.34. The van der Waals surface area contributed by atoms with Crippen LogP contribution in [0.15, 0.2) is 0 Å². The minimum Gasteiger partial charge on any atom is -0.229 e. The average Bonchev–Trinajstić information content (AvgIpc) is 2.40. The van der Waals surface area contributed by atoms with Crippen LogP contribution in [0.3, 0.4) is 0 Å². The van der Waals surface area contributed by atoms with Crippen LogP contribution in [0.4, 0.5) is 0 Å². The first-order valence-corrected chi connectivity index (χ1v) is 8.61. The molecule has 2 unspecified atom stereocenters. The number of hydrogen-bond donors (Lipinski definition) is 0. The molecule has 2 nitrogen and oxygen atoms in total. The summed E-state index contributed by atoms with van der Waals surface area (Å²) in [5.41, 5.74) is 0. The molecule has 0 saturated heterocycles. The van der Waals surface area contributed by atoms with Crippen molar-refractivity contribution in [3.05, 3.63) is 0 Å². The van der Waals surface area contributed by atoms with E-state index in [0.717, 1.165) is 12.8 Å². The highest BCUT2D eigenvalue weighted by Gasteiger charge is 2.20. The predicted octanol–water partition coefficient (Wildman–Crippen LogP) is 3.16. The van der Waals surface area contributed by atoms with E-state index >= 15 is 0 Å². The second-order valence-corrected chi connectivity index (χ2v) is 8.28. The summed E-state index contributed by atoms with van der Waals surface area (Å²) in [6.45, 7) is 1.73. The fourth-order valence-corrected chi connectivity index (χ4v) is 3.98. The number of rotatable bonds is 4. The Balaban J connectivity index is 2.37. The van der Waals surface area contributed by atoms with Gasteiger partial charge >= 0.3 is 0 Å². The Labute approximate surface area is 102 Å². The van der Waals surface area contributed by atoms with Crippen LogP contribution in [0.25, 0.3) is 0 Å². The average molecular weight is 297 g/mol. The first-order valence-electron chi connectivity index (χ1n) is 5.88. The van der Waals surface area contributed by atoms with Crippen LogP contribution in [-0.2, 0) is 9.84 Å². The van der Waals surface area contributed by atoms with Crippen LogP contribution in [0.2, 0.25) is 0 Å². The number of halogens is 1. The fraction of sp³-hybridized carbons (Fsp3) is 1.00. The Hall–Kier alpha value is 0.430. The van der Waals surface area contributed by atoms with E-state index in [2.05, 4.69) is 15.9 Å². The maximum Gasteiger partial charge on any atom is 0.150 e. The van der Waals surface area contributed by atoms with Crippen molar-refractivity contribution in [2.75, 3.05) is 11.5 Å². The highest BCUT2D eigenvalue weighted by molar-refractivity contribution is 9.09. The standard InChI is InChI=1S/C11H21BrO2S/c1-2-15(13,14)8-7-10-5-3-4-6-11(12)9-10/h10-11H,2-9H2,1H3. The van der Waals surface area contributed by atoms with Crippen molar-refractivity contribution in [3.8, 4) is 0 Å². The maximum atomic E-state index is 11.4. The molecule has 0 amide bonds. The summed E-state index contributed by atoms with van der Waals surface area (Å²) in [6.07, 6.45) is 7.02. The Bertz CT molecular complexity index is 274. The van der Waals surface area contributed by atoms with Crippen LogP contribution >= 0.6 is 15.9 Å². The first kappa shape index (κ1) is 13.5. The van der Waals surface area contributed by atoms with E-state index < -0.39 is 9.84 Å². The van der Waals surface area contributed by atoms with Crippen LogP contribution in [0, 0.1) is 5.92 Å². The van der Waals surface area contributed by atoms with Crippen LogP contribution in [0.1, 0.15) is 45.4 Å². The highest BCUT2D eigenvalue weighted by Crippen LogP contribution is 2.29. The lowest BCUT2D eigenvalue weighted by atomic mass is 9.98. The highest BCUT2D eigenvalue weighted by atomic mass is 79.9. The fourth-order valence-electron chi connectivity index (χ4n) is 2.15. The Kier molecular flexibility index (Phi) is 5.61. The molecule has 0 aliphatic heterocycles. The van der Waals surface area contributed by atoms with Gasteiger partial charge in [0.05, 0.1) is 5.75 Å². The third-order valence-electron chi connectivity index (χ3n) is 3.25. The normalized spacial score (nSPS) is 28.7. The van der Waals surface area contributed by atoms with E-state index in [1.165, 1.54) is 25.7 Å². The summed E-state index contributed by atoms with van der Waals surface area (Å²) in [7, 11) is -2.76. The zero-order valence-corrected chi connectivity index (χ0v) is 11.8. The largest absolute Gasteiger partial charge is 0.229 e. The Morgan fingerprint density at radius 2 is 1.93 bits per heavy atom. The van der Waals surface area contributed by atoms with Crippen molar-refractivity contribution in [2.24, 2.45) is 5.92 Å². The van der Waals surface area contributed by atoms with Gasteiger partial charge in [-0.1, -0.05) is 42.1 Å². The third-order valence-corrected chi connectivity index (χ3v) is 5.81. The molecule has 0 aromatic rings. The number of hydrogen-bond acceptors (Lipinski definition) is 2. The second-order valence-electron chi connectivity index (χ2n) is 4.51. The minimum atomic E-state index is -2.76. The minimum absolute atomic E-state index is 0.289. The molecule has 1 aliphatic rings. The van der Waals surface area contributed by atoms with E-state index in [1.807, 2.05) is 0 Å². The van der Waals surface area contributed by atoms with Crippen molar-refractivity contribution in [1.29, 1.82) is 0 Å². The molecule has 0 heterocycles. The van der Waals surface area contributed by atoms with Crippen molar-refractivity contribution in [2.45, 2.75) is 50.3 Å². The molecule has 0 aromatic carbocycles. The van der Waals surface area contributed by atoms with Crippen molar-refractivity contribution < 1.29 is 8.42 Å². The number of sulfone groups is 1. The quantitative estimate of drug-likeness (QED) is 0.590. The summed E-state index contributed by atoms with van der Waals surface area (Å²) in [6, 6.07) is 0. The van der Waals surface area contributed by atoms with Crippen molar-refractivity contribution >= 4 is 25.8 Å². The molecule has 4 heteroatoms. The molecular weight excluding hydrogens is 276 g/mol. The summed E-state index contributed by atoms with van der Waals surface area (Å²) in [4.78, 5) is 0.606. The Morgan fingerprint density at radius 1 is 1.27 bits per heavy atom. The van der Waals surface area contributed by atoms with Gasteiger partial charge in [0, 0.05) is 10.6 Å². The van der Waals surface area contributed by atoms with Gasteiger partial charge in [-0.2, -0.15) is 0 Å². The molecule has 0 spiro atoms. The van der Waals surface area contributed by atoms with Gasteiger partial charge in [0.25, 0.3) is 0 Å². The lowest BCUT2D eigenvalue weighted by molar-refractivity contribution is 0.450. The van der Waals surface area contributed by atoms with Crippen LogP contribution in [-0.4, -0.2) is 24.8 Å². The lowest BCUT2D eigenvalue weighted by Gasteiger charge is -2.15. The molecule has 1 fully saturated rings.